The molecule has 1 aliphatic rings. The van der Waals surface area contributed by atoms with Gasteiger partial charge in [-0.1, -0.05) is 13.0 Å². The van der Waals surface area contributed by atoms with Crippen molar-refractivity contribution < 1.29 is 13.2 Å². The molecule has 5 nitrogen and oxygen atoms in total. The summed E-state index contributed by atoms with van der Waals surface area (Å²) < 4.78 is 23.8. The molecule has 1 saturated heterocycles. The fraction of sp³-hybridized carbons (Fsp3) is 0.533. The number of sulfone groups is 1. The maximum Gasteiger partial charge on any atom is 0.254 e. The highest BCUT2D eigenvalue weighted by atomic mass is 32.2. The number of piperazine rings is 1. The van der Waals surface area contributed by atoms with Crippen molar-refractivity contribution in [3.05, 3.63) is 29.8 Å². The quantitative estimate of drug-likeness (QED) is 0.914. The van der Waals surface area contributed by atoms with Crippen LogP contribution in [0.25, 0.3) is 0 Å². The summed E-state index contributed by atoms with van der Waals surface area (Å²) in [5.74, 6) is -0.0802. The first-order valence-electron chi connectivity index (χ1n) is 7.12. The molecule has 6 heteroatoms. The third-order valence-electron chi connectivity index (χ3n) is 3.68. The maximum atomic E-state index is 12.6. The van der Waals surface area contributed by atoms with Crippen molar-refractivity contribution in [2.45, 2.75) is 31.2 Å². The second-order valence-corrected chi connectivity index (χ2v) is 8.25. The van der Waals surface area contributed by atoms with E-state index in [0.717, 1.165) is 6.54 Å². The molecule has 116 valence electrons. The van der Waals surface area contributed by atoms with E-state index in [1.807, 2.05) is 13.8 Å². The monoisotopic (exact) mass is 310 g/mol. The smallest absolute Gasteiger partial charge is 0.254 e. The predicted molar refractivity (Wildman–Crippen MR) is 82.2 cm³/mol. The van der Waals surface area contributed by atoms with Gasteiger partial charge in [-0.2, -0.15) is 0 Å². The summed E-state index contributed by atoms with van der Waals surface area (Å²) in [5.41, 5.74) is 0.309. The van der Waals surface area contributed by atoms with Crippen molar-refractivity contribution in [3.8, 4) is 0 Å². The van der Waals surface area contributed by atoms with Gasteiger partial charge < -0.3 is 10.2 Å². The highest BCUT2D eigenvalue weighted by Gasteiger charge is 2.29. The number of hydrogen-bond acceptors (Lipinski definition) is 4. The number of nitrogens with one attached hydrogen (secondary N) is 1. The fourth-order valence-electron chi connectivity index (χ4n) is 2.49. The van der Waals surface area contributed by atoms with Crippen molar-refractivity contribution in [1.82, 2.24) is 10.2 Å². The third-order valence-corrected chi connectivity index (χ3v) is 5.41. The van der Waals surface area contributed by atoms with E-state index in [4.69, 9.17) is 0 Å². The van der Waals surface area contributed by atoms with Crippen LogP contribution >= 0.6 is 0 Å². The Kier molecular flexibility index (Phi) is 4.39. The largest absolute Gasteiger partial charge is 0.336 e. The highest BCUT2D eigenvalue weighted by molar-refractivity contribution is 7.91. The van der Waals surface area contributed by atoms with E-state index in [9.17, 15) is 13.2 Å². The summed E-state index contributed by atoms with van der Waals surface area (Å²) in [5, 5.41) is 3.35. The molecule has 21 heavy (non-hydrogen) atoms. The molecule has 1 amide bonds. The summed E-state index contributed by atoms with van der Waals surface area (Å²) in [7, 11) is -3.29. The normalized spacial score (nSPS) is 18.5. The molecule has 1 heterocycles. The van der Waals surface area contributed by atoms with E-state index in [1.165, 1.54) is 12.1 Å². The van der Waals surface area contributed by atoms with Gasteiger partial charge >= 0.3 is 0 Å². The lowest BCUT2D eigenvalue weighted by Gasteiger charge is -2.39. The molecule has 1 N–H and O–H groups in total. The molecule has 1 fully saturated rings. The van der Waals surface area contributed by atoms with Gasteiger partial charge in [0.05, 0.1) is 10.6 Å². The second kappa shape index (κ2) is 5.77. The van der Waals surface area contributed by atoms with E-state index in [0.29, 0.717) is 18.7 Å². The lowest BCUT2D eigenvalue weighted by atomic mass is 10.0. The van der Waals surface area contributed by atoms with Gasteiger partial charge in [0.25, 0.3) is 5.91 Å². The minimum absolute atomic E-state index is 0.0330. The van der Waals surface area contributed by atoms with Crippen LogP contribution in [-0.2, 0) is 9.84 Å². The highest BCUT2D eigenvalue weighted by Crippen LogP contribution is 2.17. The van der Waals surface area contributed by atoms with Crippen LogP contribution in [0, 0.1) is 0 Å². The minimum Gasteiger partial charge on any atom is -0.336 e. The first-order chi connectivity index (χ1) is 9.75. The van der Waals surface area contributed by atoms with Gasteiger partial charge in [0, 0.05) is 30.7 Å². The second-order valence-electron chi connectivity index (χ2n) is 5.97. The maximum absolute atomic E-state index is 12.6. The standard InChI is InChI=1S/C15H22N2O3S/c1-4-21(19,20)13-7-5-6-12(10-13)14(18)17-9-8-16-15(2,3)11-17/h5-7,10,16H,4,8-9,11H2,1-3H3. The molecule has 0 atom stereocenters. The molecular formula is C15H22N2O3S. The Morgan fingerprint density at radius 2 is 2.10 bits per heavy atom. The van der Waals surface area contributed by atoms with Crippen molar-refractivity contribution in [1.29, 1.82) is 0 Å². The molecule has 2 rings (SSSR count). The topological polar surface area (TPSA) is 66.5 Å². The van der Waals surface area contributed by atoms with Gasteiger partial charge in [-0.25, -0.2) is 8.42 Å². The third kappa shape index (κ3) is 3.63. The van der Waals surface area contributed by atoms with Crippen LogP contribution in [-0.4, -0.2) is 50.2 Å². The Morgan fingerprint density at radius 3 is 2.71 bits per heavy atom. The van der Waals surface area contributed by atoms with E-state index < -0.39 is 9.84 Å². The van der Waals surface area contributed by atoms with E-state index in [2.05, 4.69) is 5.32 Å². The fourth-order valence-corrected chi connectivity index (χ4v) is 3.41. The number of carbonyl (C=O) groups is 1. The van der Waals surface area contributed by atoms with Crippen LogP contribution in [0.5, 0.6) is 0 Å². The lowest BCUT2D eigenvalue weighted by Crippen LogP contribution is -2.58. The molecule has 1 aromatic rings. The summed E-state index contributed by atoms with van der Waals surface area (Å²) in [6.45, 7) is 7.67. The molecule has 0 aromatic heterocycles. The SMILES string of the molecule is CCS(=O)(=O)c1cccc(C(=O)N2CCNC(C)(C)C2)c1. The molecule has 0 bridgehead atoms. The minimum atomic E-state index is -3.29. The zero-order chi connectivity index (χ0) is 15.7. The predicted octanol–water partition coefficient (Wildman–Crippen LogP) is 1.30. The summed E-state index contributed by atoms with van der Waals surface area (Å²) in [6.07, 6.45) is 0. The molecule has 0 radical (unpaired) electrons. The Balaban J connectivity index is 2.26. The van der Waals surface area contributed by atoms with Gasteiger partial charge in [-0.3, -0.25) is 4.79 Å². The Hall–Kier alpha value is -1.40. The number of amides is 1. The number of nitrogens with zero attached hydrogens (tertiary/aromatic N) is 1. The van der Waals surface area contributed by atoms with Gasteiger partial charge in [0.15, 0.2) is 9.84 Å². The van der Waals surface area contributed by atoms with Crippen LogP contribution in [0.1, 0.15) is 31.1 Å². The van der Waals surface area contributed by atoms with Crippen LogP contribution < -0.4 is 5.32 Å². The Labute approximate surface area is 126 Å². The van der Waals surface area contributed by atoms with Crippen LogP contribution in [0.4, 0.5) is 0 Å². The van der Waals surface area contributed by atoms with Crippen LogP contribution in [0.2, 0.25) is 0 Å². The lowest BCUT2D eigenvalue weighted by molar-refractivity contribution is 0.0652. The van der Waals surface area contributed by atoms with Crippen LogP contribution in [0.3, 0.4) is 0 Å². The van der Waals surface area contributed by atoms with Crippen molar-refractivity contribution in [2.75, 3.05) is 25.4 Å². The zero-order valence-corrected chi connectivity index (χ0v) is 13.5. The number of benzene rings is 1. The molecular weight excluding hydrogens is 288 g/mol. The summed E-state index contributed by atoms with van der Waals surface area (Å²) >= 11 is 0. The first kappa shape index (κ1) is 16.0. The summed E-state index contributed by atoms with van der Waals surface area (Å²) in [4.78, 5) is 14.5. The average molecular weight is 310 g/mol. The van der Waals surface area contributed by atoms with Gasteiger partial charge in [-0.05, 0) is 32.0 Å². The van der Waals surface area contributed by atoms with Crippen molar-refractivity contribution in [3.63, 3.8) is 0 Å². The number of hydrogen-bond donors (Lipinski definition) is 1. The van der Waals surface area contributed by atoms with E-state index >= 15 is 0 Å². The molecule has 1 aromatic carbocycles. The van der Waals surface area contributed by atoms with Crippen molar-refractivity contribution in [2.24, 2.45) is 0 Å². The van der Waals surface area contributed by atoms with Crippen LogP contribution in [0.15, 0.2) is 29.2 Å². The average Bonchev–Trinajstić information content (AvgIpc) is 2.45. The molecule has 0 saturated carbocycles. The van der Waals surface area contributed by atoms with E-state index in [-0.39, 0.29) is 22.1 Å². The first-order valence-corrected chi connectivity index (χ1v) is 8.77. The van der Waals surface area contributed by atoms with Crippen molar-refractivity contribution >= 4 is 15.7 Å². The molecule has 0 unspecified atom stereocenters. The van der Waals surface area contributed by atoms with Gasteiger partial charge in [-0.15, -0.1) is 0 Å². The number of carbonyl (C=O) groups excluding carboxylic acids is 1. The van der Waals surface area contributed by atoms with Gasteiger partial charge in [0.1, 0.15) is 0 Å². The van der Waals surface area contributed by atoms with Gasteiger partial charge in [0.2, 0.25) is 0 Å². The van der Waals surface area contributed by atoms with E-state index in [1.54, 1.807) is 24.0 Å². The molecule has 1 aliphatic heterocycles. The summed E-state index contributed by atoms with van der Waals surface area (Å²) in [6, 6.07) is 6.32. The Morgan fingerprint density at radius 1 is 1.38 bits per heavy atom. The Bertz CT molecular complexity index is 638. The zero-order valence-electron chi connectivity index (χ0n) is 12.7. The molecule has 0 aliphatic carbocycles. The number of rotatable bonds is 3. The molecule has 0 spiro atoms.